The molecule has 7 heteroatoms. The van der Waals surface area contributed by atoms with Crippen molar-refractivity contribution in [3.8, 4) is 6.07 Å². The van der Waals surface area contributed by atoms with Crippen molar-refractivity contribution in [2.24, 2.45) is 0 Å². The Bertz CT molecular complexity index is 643. The molecule has 0 aromatic carbocycles. The number of nitriles is 1. The fourth-order valence-corrected chi connectivity index (χ4v) is 1.51. The van der Waals surface area contributed by atoms with Gasteiger partial charge in [0.2, 0.25) is 0 Å². The van der Waals surface area contributed by atoms with Gasteiger partial charge in [-0.25, -0.2) is 4.68 Å². The first kappa shape index (κ1) is 9.61. The number of aromatic amines is 2. The summed E-state index contributed by atoms with van der Waals surface area (Å²) in [5, 5.41) is 12.9. The number of fused-ring (bicyclic) bond motifs is 1. The normalized spacial score (nSPS) is 10.3. The largest absolute Gasteiger partial charge is 0.317 e. The third-order valence-corrected chi connectivity index (χ3v) is 2.18. The van der Waals surface area contributed by atoms with Crippen molar-refractivity contribution in [1.82, 2.24) is 19.7 Å². The third-order valence-electron chi connectivity index (χ3n) is 1.98. The number of nitrogens with one attached hydrogen (secondary N) is 2. The van der Waals surface area contributed by atoms with E-state index in [1.54, 1.807) is 4.68 Å². The molecule has 0 aliphatic rings. The van der Waals surface area contributed by atoms with Crippen LogP contribution in [0.3, 0.4) is 0 Å². The molecule has 0 atom stereocenters. The van der Waals surface area contributed by atoms with Gasteiger partial charge in [-0.1, -0.05) is 0 Å². The maximum atomic E-state index is 11.4. The smallest absolute Gasteiger partial charge is 0.262 e. The van der Waals surface area contributed by atoms with Crippen LogP contribution in [0.1, 0.15) is 6.42 Å². The van der Waals surface area contributed by atoms with Crippen molar-refractivity contribution in [2.45, 2.75) is 13.0 Å². The lowest BCUT2D eigenvalue weighted by Crippen LogP contribution is -2.08. The molecule has 0 amide bonds. The van der Waals surface area contributed by atoms with Crippen molar-refractivity contribution >= 4 is 23.3 Å². The van der Waals surface area contributed by atoms with Gasteiger partial charge in [-0.2, -0.15) is 10.4 Å². The molecule has 0 saturated carbocycles. The van der Waals surface area contributed by atoms with Gasteiger partial charge in [0.25, 0.3) is 5.56 Å². The number of hydrogen-bond donors (Lipinski definition) is 2. The summed E-state index contributed by atoms with van der Waals surface area (Å²) < 4.78 is 1.81. The molecule has 15 heavy (non-hydrogen) atoms. The molecule has 0 aliphatic carbocycles. The number of hydrogen-bond acceptors (Lipinski definition) is 4. The van der Waals surface area contributed by atoms with E-state index in [0.717, 1.165) is 0 Å². The SMILES string of the molecule is N#CCCn1ncc2c(=O)[nH]c(=S)[nH]c21. The van der Waals surface area contributed by atoms with E-state index >= 15 is 0 Å². The molecule has 0 aliphatic heterocycles. The van der Waals surface area contributed by atoms with Gasteiger partial charge in [-0.15, -0.1) is 0 Å². The van der Waals surface area contributed by atoms with Crippen LogP contribution in [0.2, 0.25) is 0 Å². The molecule has 0 radical (unpaired) electrons. The van der Waals surface area contributed by atoms with Crippen LogP contribution in [0.25, 0.3) is 11.0 Å². The van der Waals surface area contributed by atoms with Gasteiger partial charge in [-0.3, -0.25) is 9.78 Å². The molecule has 0 fully saturated rings. The van der Waals surface area contributed by atoms with Gasteiger partial charge < -0.3 is 4.98 Å². The maximum Gasteiger partial charge on any atom is 0.262 e. The molecule has 6 nitrogen and oxygen atoms in total. The standard InChI is InChI=1S/C8H7N5OS/c9-2-1-3-13-6-5(4-10-13)7(14)12-8(15)11-6/h4H,1,3H2,(H2,11,12,14,15). The van der Waals surface area contributed by atoms with Gasteiger partial charge in [0.05, 0.1) is 25.2 Å². The van der Waals surface area contributed by atoms with E-state index in [1.807, 2.05) is 6.07 Å². The molecule has 0 spiro atoms. The van der Waals surface area contributed by atoms with E-state index in [2.05, 4.69) is 15.1 Å². The average molecular weight is 221 g/mol. The second-order valence-electron chi connectivity index (χ2n) is 2.95. The molecular weight excluding hydrogens is 214 g/mol. The zero-order valence-electron chi connectivity index (χ0n) is 7.65. The van der Waals surface area contributed by atoms with E-state index in [0.29, 0.717) is 24.0 Å². The molecule has 2 N–H and O–H groups in total. The number of nitrogens with zero attached hydrogens (tertiary/aromatic N) is 3. The van der Waals surface area contributed by atoms with E-state index in [-0.39, 0.29) is 10.3 Å². The summed E-state index contributed by atoms with van der Waals surface area (Å²) in [4.78, 5) is 16.7. The van der Waals surface area contributed by atoms with Crippen LogP contribution in [0, 0.1) is 16.1 Å². The Kier molecular flexibility index (Phi) is 2.35. The summed E-state index contributed by atoms with van der Waals surface area (Å²) in [7, 11) is 0. The topological polar surface area (TPSA) is 90.3 Å². The fraction of sp³-hybridized carbons (Fsp3) is 0.250. The van der Waals surface area contributed by atoms with Crippen LogP contribution < -0.4 is 5.56 Å². The van der Waals surface area contributed by atoms with Crippen molar-refractivity contribution in [3.05, 3.63) is 21.3 Å². The zero-order chi connectivity index (χ0) is 10.8. The van der Waals surface area contributed by atoms with Gasteiger partial charge in [0.1, 0.15) is 11.0 Å². The highest BCUT2D eigenvalue weighted by atomic mass is 32.1. The fourth-order valence-electron chi connectivity index (χ4n) is 1.32. The molecule has 2 heterocycles. The number of H-pyrrole nitrogens is 2. The highest BCUT2D eigenvalue weighted by molar-refractivity contribution is 7.71. The van der Waals surface area contributed by atoms with Gasteiger partial charge in [0, 0.05) is 0 Å². The van der Waals surface area contributed by atoms with Gasteiger partial charge >= 0.3 is 0 Å². The Morgan fingerprint density at radius 2 is 2.40 bits per heavy atom. The van der Waals surface area contributed by atoms with Crippen LogP contribution in [0.5, 0.6) is 0 Å². The highest BCUT2D eigenvalue weighted by Gasteiger charge is 2.05. The molecule has 76 valence electrons. The lowest BCUT2D eigenvalue weighted by Gasteiger charge is -1.98. The second-order valence-corrected chi connectivity index (χ2v) is 3.35. The molecule has 0 bridgehead atoms. The highest BCUT2D eigenvalue weighted by Crippen LogP contribution is 2.05. The Hall–Kier alpha value is -1.94. The first-order valence-electron chi connectivity index (χ1n) is 4.27. The monoisotopic (exact) mass is 221 g/mol. The quantitative estimate of drug-likeness (QED) is 0.730. The maximum absolute atomic E-state index is 11.4. The number of rotatable bonds is 2. The summed E-state index contributed by atoms with van der Waals surface area (Å²) in [5.74, 6) is 0. The van der Waals surface area contributed by atoms with Crippen LogP contribution in [-0.2, 0) is 6.54 Å². The predicted molar refractivity (Wildman–Crippen MR) is 55.8 cm³/mol. The summed E-state index contributed by atoms with van der Waals surface area (Å²) in [6.45, 7) is 0.439. The Labute approximate surface area is 89.2 Å². The van der Waals surface area contributed by atoms with E-state index in [9.17, 15) is 4.79 Å². The summed E-state index contributed by atoms with van der Waals surface area (Å²) >= 11 is 4.85. The van der Waals surface area contributed by atoms with Crippen molar-refractivity contribution < 1.29 is 0 Å². The van der Waals surface area contributed by atoms with Gasteiger partial charge in [0.15, 0.2) is 4.77 Å². The molecule has 2 aromatic heterocycles. The predicted octanol–water partition coefficient (Wildman–Crippen LogP) is 0.696. The first-order valence-corrected chi connectivity index (χ1v) is 4.68. The Morgan fingerprint density at radius 1 is 1.60 bits per heavy atom. The molecular formula is C8H7N5OS. The lowest BCUT2D eigenvalue weighted by atomic mass is 10.4. The second kappa shape index (κ2) is 3.67. The molecule has 2 aromatic rings. The van der Waals surface area contributed by atoms with E-state index in [1.165, 1.54) is 6.20 Å². The van der Waals surface area contributed by atoms with Crippen molar-refractivity contribution in [2.75, 3.05) is 0 Å². The Balaban J connectivity index is 2.65. The minimum atomic E-state index is -0.267. The zero-order valence-corrected chi connectivity index (χ0v) is 8.47. The van der Waals surface area contributed by atoms with Crippen LogP contribution >= 0.6 is 12.2 Å². The van der Waals surface area contributed by atoms with E-state index in [4.69, 9.17) is 17.5 Å². The third kappa shape index (κ3) is 1.67. The van der Waals surface area contributed by atoms with E-state index < -0.39 is 0 Å². The number of aromatic nitrogens is 4. The van der Waals surface area contributed by atoms with Crippen LogP contribution in [-0.4, -0.2) is 19.7 Å². The van der Waals surface area contributed by atoms with Crippen molar-refractivity contribution in [3.63, 3.8) is 0 Å². The molecule has 0 unspecified atom stereocenters. The van der Waals surface area contributed by atoms with Gasteiger partial charge in [-0.05, 0) is 12.2 Å². The molecule has 2 rings (SSSR count). The minimum absolute atomic E-state index is 0.256. The summed E-state index contributed by atoms with van der Waals surface area (Å²) in [6.07, 6.45) is 1.79. The number of aryl methyl sites for hydroxylation is 1. The average Bonchev–Trinajstić information content (AvgIpc) is 2.58. The summed E-state index contributed by atoms with van der Waals surface area (Å²) in [6, 6.07) is 2.01. The van der Waals surface area contributed by atoms with Crippen LogP contribution in [0.4, 0.5) is 0 Å². The summed E-state index contributed by atoms with van der Waals surface area (Å²) in [5.41, 5.74) is 0.288. The lowest BCUT2D eigenvalue weighted by molar-refractivity contribution is 0.642. The first-order chi connectivity index (χ1) is 7.22. The Morgan fingerprint density at radius 3 is 3.13 bits per heavy atom. The van der Waals surface area contributed by atoms with Crippen LogP contribution in [0.15, 0.2) is 11.0 Å². The van der Waals surface area contributed by atoms with Crippen molar-refractivity contribution in [1.29, 1.82) is 5.26 Å². The minimum Gasteiger partial charge on any atom is -0.317 e. The molecule has 0 saturated heterocycles.